The zero-order valence-electron chi connectivity index (χ0n) is 20.3. The van der Waals surface area contributed by atoms with Crippen LogP contribution >= 0.6 is 0 Å². The van der Waals surface area contributed by atoms with Gasteiger partial charge in [0.05, 0.1) is 23.0 Å². The molecule has 1 aliphatic heterocycles. The lowest BCUT2D eigenvalue weighted by Crippen LogP contribution is -2.40. The van der Waals surface area contributed by atoms with E-state index in [1.165, 1.54) is 0 Å². The summed E-state index contributed by atoms with van der Waals surface area (Å²) in [5.41, 5.74) is 18.0. The van der Waals surface area contributed by atoms with Crippen LogP contribution in [0.1, 0.15) is 30.1 Å². The van der Waals surface area contributed by atoms with Crippen molar-refractivity contribution in [1.29, 1.82) is 0 Å². The topological polar surface area (TPSA) is 153 Å². The Morgan fingerprint density at radius 2 is 2.03 bits per heavy atom. The second-order valence-electron chi connectivity index (χ2n) is 8.94. The minimum Gasteiger partial charge on any atom is -0.397 e. The van der Waals surface area contributed by atoms with Crippen LogP contribution in [0.2, 0.25) is 0 Å². The number of fused-ring (bicyclic) bond motifs is 2. The molecule has 4 aromatic rings. The van der Waals surface area contributed by atoms with Crippen molar-refractivity contribution in [2.24, 2.45) is 10.7 Å². The third-order valence-corrected chi connectivity index (χ3v) is 6.75. The molecule has 0 atom stereocenters. The lowest BCUT2D eigenvalue weighted by molar-refractivity contribution is -0.135. The molecule has 1 amide bonds. The molecule has 11 nitrogen and oxygen atoms in total. The van der Waals surface area contributed by atoms with Crippen molar-refractivity contribution < 1.29 is 9.90 Å². The number of nitrogens with two attached hydrogens (primary N) is 2. The number of allylic oxidation sites excluding steroid dienone is 1. The number of nitrogens with zero attached hydrogens (tertiary/aromatic N) is 7. The van der Waals surface area contributed by atoms with E-state index in [1.54, 1.807) is 41.1 Å². The number of rotatable bonds is 5. The molecule has 0 aliphatic carbocycles. The molecule has 1 fully saturated rings. The van der Waals surface area contributed by atoms with Crippen LogP contribution in [0.15, 0.2) is 41.8 Å². The van der Waals surface area contributed by atoms with Crippen LogP contribution < -0.4 is 11.5 Å². The summed E-state index contributed by atoms with van der Waals surface area (Å²) in [4.78, 5) is 27.0. The molecule has 11 heteroatoms. The van der Waals surface area contributed by atoms with Crippen LogP contribution in [0.4, 0.5) is 5.82 Å². The summed E-state index contributed by atoms with van der Waals surface area (Å²) in [5.74, 6) is 0.298. The molecule has 4 aromatic heterocycles. The van der Waals surface area contributed by atoms with Gasteiger partial charge in [0.1, 0.15) is 18.1 Å². The molecular weight excluding hydrogens is 458 g/mol. The zero-order valence-corrected chi connectivity index (χ0v) is 20.3. The number of piperidine rings is 1. The molecule has 36 heavy (non-hydrogen) atoms. The molecule has 186 valence electrons. The summed E-state index contributed by atoms with van der Waals surface area (Å²) in [5, 5.41) is 14.6. The predicted octanol–water partition coefficient (Wildman–Crippen LogP) is 1.79. The van der Waals surface area contributed by atoms with E-state index in [1.807, 2.05) is 19.1 Å². The number of aliphatic hydroxyl groups excluding tert-OH is 1. The van der Waals surface area contributed by atoms with E-state index >= 15 is 0 Å². The Bertz CT molecular complexity index is 1490. The Kier molecular flexibility index (Phi) is 6.15. The second kappa shape index (κ2) is 9.42. The first-order valence-electron chi connectivity index (χ1n) is 11.8. The maximum atomic E-state index is 11.9. The molecule has 1 saturated heterocycles. The predicted molar refractivity (Wildman–Crippen MR) is 139 cm³/mol. The summed E-state index contributed by atoms with van der Waals surface area (Å²) in [6, 6.07) is 3.96. The molecular formula is C25H29N9O2. The highest BCUT2D eigenvalue weighted by Crippen LogP contribution is 2.34. The molecule has 5 heterocycles. The quantitative estimate of drug-likeness (QED) is 0.363. The number of carbonyl (C=O) groups excluding carboxylic acids is 1. The number of amides is 1. The first kappa shape index (κ1) is 23.5. The van der Waals surface area contributed by atoms with E-state index in [2.05, 4.69) is 25.8 Å². The van der Waals surface area contributed by atoms with Gasteiger partial charge in [-0.15, -0.1) is 0 Å². The monoisotopic (exact) mass is 487 g/mol. The van der Waals surface area contributed by atoms with Crippen molar-refractivity contribution in [3.8, 4) is 11.1 Å². The van der Waals surface area contributed by atoms with Crippen LogP contribution in [0, 0.1) is 6.92 Å². The Morgan fingerprint density at radius 1 is 1.25 bits per heavy atom. The van der Waals surface area contributed by atoms with Crippen LogP contribution in [0.5, 0.6) is 0 Å². The van der Waals surface area contributed by atoms with Gasteiger partial charge in [-0.2, -0.15) is 9.61 Å². The average molecular weight is 488 g/mol. The molecule has 1 aliphatic rings. The number of aryl methyl sites for hydroxylation is 1. The number of hydrogen-bond donors (Lipinski definition) is 3. The van der Waals surface area contributed by atoms with E-state index < -0.39 is 6.61 Å². The average Bonchev–Trinajstić information content (AvgIpc) is 3.48. The molecule has 0 aromatic carbocycles. The minimum absolute atomic E-state index is 0.173. The fourth-order valence-electron chi connectivity index (χ4n) is 4.84. The van der Waals surface area contributed by atoms with Crippen molar-refractivity contribution >= 4 is 40.3 Å². The summed E-state index contributed by atoms with van der Waals surface area (Å²) < 4.78 is 3.83. The largest absolute Gasteiger partial charge is 0.397 e. The lowest BCUT2D eigenvalue weighted by Gasteiger charge is -2.32. The highest BCUT2D eigenvalue weighted by atomic mass is 16.3. The maximum Gasteiger partial charge on any atom is 0.248 e. The molecule has 0 saturated carbocycles. The van der Waals surface area contributed by atoms with E-state index in [0.717, 1.165) is 40.6 Å². The van der Waals surface area contributed by atoms with Gasteiger partial charge in [-0.25, -0.2) is 4.98 Å². The molecule has 0 spiro atoms. The second-order valence-corrected chi connectivity index (χ2v) is 8.94. The number of likely N-dealkylation sites (tertiary alicyclic amines) is 1. The third kappa shape index (κ3) is 3.97. The van der Waals surface area contributed by atoms with Crippen molar-refractivity contribution in [1.82, 2.24) is 29.0 Å². The molecule has 5 N–H and O–H groups in total. The Labute approximate surface area is 207 Å². The number of pyridine rings is 1. The van der Waals surface area contributed by atoms with E-state index in [0.29, 0.717) is 35.9 Å². The van der Waals surface area contributed by atoms with Gasteiger partial charge in [-0.3, -0.25) is 14.8 Å². The summed E-state index contributed by atoms with van der Waals surface area (Å²) >= 11 is 0. The summed E-state index contributed by atoms with van der Waals surface area (Å²) in [6.07, 6.45) is 10.4. The Morgan fingerprint density at radius 3 is 2.69 bits per heavy atom. The standard InChI is InChI=1S/C25H29N9O2/c1-15-13-33(17-6-9-32(10-7-17)21(36)14-35)25-22(15)23(27)34-24(31-25)18(12-30-34)16-3-4-20(29-11-16)19(26)5-8-28-2/h3-5,8,11-13,17,35H,6-7,9-10,14,26-27H2,1-2H3. The number of aliphatic hydroxyl groups is 1. The van der Waals surface area contributed by atoms with Gasteiger partial charge in [-0.05, 0) is 37.5 Å². The van der Waals surface area contributed by atoms with Crippen LogP contribution in [-0.4, -0.2) is 73.0 Å². The lowest BCUT2D eigenvalue weighted by atomic mass is 10.0. The van der Waals surface area contributed by atoms with Crippen LogP contribution in [-0.2, 0) is 4.79 Å². The molecule has 0 unspecified atom stereocenters. The van der Waals surface area contributed by atoms with Crippen molar-refractivity contribution in [2.75, 3.05) is 32.5 Å². The van der Waals surface area contributed by atoms with Crippen LogP contribution in [0.25, 0.3) is 33.5 Å². The van der Waals surface area contributed by atoms with Gasteiger partial charge < -0.3 is 26.0 Å². The normalized spacial score (nSPS) is 15.5. The number of hydrogen-bond acceptors (Lipinski definition) is 8. The van der Waals surface area contributed by atoms with Crippen molar-refractivity contribution in [3.05, 3.63) is 48.1 Å². The number of carbonyl (C=O) groups is 1. The van der Waals surface area contributed by atoms with Crippen LogP contribution in [0.3, 0.4) is 0 Å². The van der Waals surface area contributed by atoms with E-state index in [-0.39, 0.29) is 11.9 Å². The van der Waals surface area contributed by atoms with Gasteiger partial charge >= 0.3 is 0 Å². The molecule has 0 radical (unpaired) electrons. The summed E-state index contributed by atoms with van der Waals surface area (Å²) in [6.45, 7) is 2.75. The van der Waals surface area contributed by atoms with Crippen molar-refractivity contribution in [2.45, 2.75) is 25.8 Å². The fraction of sp³-hybridized carbons (Fsp3) is 0.320. The number of anilines is 1. The van der Waals surface area contributed by atoms with E-state index in [9.17, 15) is 9.90 Å². The van der Waals surface area contributed by atoms with Gasteiger partial charge in [-0.1, -0.05) is 6.07 Å². The highest BCUT2D eigenvalue weighted by molar-refractivity contribution is 5.94. The first-order valence-corrected chi connectivity index (χ1v) is 11.8. The SMILES string of the molecule is CN=CC=C(N)c1ccc(-c2cnn3c(N)c4c(C)cn(C5CCN(C(=O)CO)CC5)c4nc23)cn1. The molecule has 5 rings (SSSR count). The van der Waals surface area contributed by atoms with Gasteiger partial charge in [0.2, 0.25) is 5.91 Å². The van der Waals surface area contributed by atoms with Gasteiger partial charge in [0.15, 0.2) is 5.65 Å². The highest BCUT2D eigenvalue weighted by Gasteiger charge is 2.26. The fourth-order valence-corrected chi connectivity index (χ4v) is 4.84. The van der Waals surface area contributed by atoms with Gasteiger partial charge in [0.25, 0.3) is 0 Å². The summed E-state index contributed by atoms with van der Waals surface area (Å²) in [7, 11) is 1.68. The maximum absolute atomic E-state index is 11.9. The number of nitrogen functional groups attached to an aromatic ring is 1. The minimum atomic E-state index is -0.456. The Balaban J connectivity index is 1.54. The number of aromatic nitrogens is 5. The Hall–Kier alpha value is -4.25. The van der Waals surface area contributed by atoms with E-state index in [4.69, 9.17) is 16.5 Å². The smallest absolute Gasteiger partial charge is 0.248 e. The third-order valence-electron chi connectivity index (χ3n) is 6.75. The van der Waals surface area contributed by atoms with Crippen molar-refractivity contribution in [3.63, 3.8) is 0 Å². The number of aliphatic imine (C=N–C) groups is 1. The zero-order chi connectivity index (χ0) is 25.4. The first-order chi connectivity index (χ1) is 17.4. The molecule has 0 bridgehead atoms. The van der Waals surface area contributed by atoms with Gasteiger partial charge in [0, 0.05) is 55.9 Å².